The lowest BCUT2D eigenvalue weighted by atomic mass is 9.96. The van der Waals surface area contributed by atoms with Gasteiger partial charge in [-0.25, -0.2) is 0 Å². The molecule has 0 aromatic carbocycles. The van der Waals surface area contributed by atoms with E-state index < -0.39 is 16.8 Å². The van der Waals surface area contributed by atoms with Crippen LogP contribution in [0.25, 0.3) is 0 Å². The second-order valence-electron chi connectivity index (χ2n) is 5.78. The molecule has 1 N–H and O–H groups in total. The first-order valence-electron chi connectivity index (χ1n) is 6.45. The van der Waals surface area contributed by atoms with Gasteiger partial charge in [0, 0.05) is 6.04 Å². The second kappa shape index (κ2) is 4.14. The molecule has 2 aliphatic carbocycles. The molecule has 4 atom stereocenters. The third-order valence-electron chi connectivity index (χ3n) is 4.50. The van der Waals surface area contributed by atoms with Crippen molar-refractivity contribution >= 4 is 22.8 Å². The van der Waals surface area contributed by atoms with E-state index >= 15 is 0 Å². The lowest BCUT2D eigenvalue weighted by Gasteiger charge is -2.26. The van der Waals surface area contributed by atoms with Crippen molar-refractivity contribution in [1.29, 1.82) is 0 Å². The highest BCUT2D eigenvalue weighted by atomic mass is 32.2. The van der Waals surface area contributed by atoms with Crippen LogP contribution < -0.4 is 5.32 Å². The van der Waals surface area contributed by atoms with Gasteiger partial charge in [0.15, 0.2) is 9.91 Å². The molecule has 0 radical (unpaired) electrons. The molecule has 2 saturated carbocycles. The van der Waals surface area contributed by atoms with Gasteiger partial charge in [-0.1, -0.05) is 18.2 Å². The zero-order chi connectivity index (χ0) is 13.8. The third-order valence-corrected chi connectivity index (χ3v) is 5.72. The molecule has 0 spiro atoms. The number of carbonyl (C=O) groups excluding carboxylic acids is 1. The molecule has 3 aliphatic rings. The minimum Gasteiger partial charge on any atom is -0.361 e. The largest absolute Gasteiger partial charge is 0.412 e. The molecule has 0 aromatic heterocycles. The number of amides is 1. The Hall–Kier alpha value is -0.720. The molecule has 0 saturated heterocycles. The molecular formula is C12H15F3N2OS. The molecule has 0 aromatic rings. The number of aliphatic imine (C=N–C) groups is 1. The number of nitrogens with one attached hydrogen (secondary N) is 1. The minimum atomic E-state index is -4.57. The smallest absolute Gasteiger partial charge is 0.361 e. The van der Waals surface area contributed by atoms with Gasteiger partial charge in [-0.15, -0.1) is 0 Å². The molecule has 1 heterocycles. The zero-order valence-corrected chi connectivity index (χ0v) is 11.3. The molecular weight excluding hydrogens is 277 g/mol. The van der Waals surface area contributed by atoms with E-state index in [4.69, 9.17) is 0 Å². The van der Waals surface area contributed by atoms with Gasteiger partial charge in [0.2, 0.25) is 0 Å². The fraction of sp³-hybridized carbons (Fsp3) is 0.833. The maximum atomic E-state index is 12.9. The van der Waals surface area contributed by atoms with Crippen molar-refractivity contribution in [3.05, 3.63) is 0 Å². The van der Waals surface area contributed by atoms with Gasteiger partial charge in [0.05, 0.1) is 0 Å². The Bertz CT molecular complexity index is 451. The van der Waals surface area contributed by atoms with E-state index in [1.165, 1.54) is 6.42 Å². The second-order valence-corrected chi connectivity index (χ2v) is 7.19. The summed E-state index contributed by atoms with van der Waals surface area (Å²) in [6, 6.07) is 0.188. The summed E-state index contributed by atoms with van der Waals surface area (Å²) in [6.07, 6.45) is -0.0793. The summed E-state index contributed by atoms with van der Waals surface area (Å²) in [6.45, 7) is 0.902. The average Bonchev–Trinajstić information content (AvgIpc) is 2.94. The fourth-order valence-electron chi connectivity index (χ4n) is 3.28. The Kier molecular flexibility index (Phi) is 2.89. The van der Waals surface area contributed by atoms with E-state index in [2.05, 4.69) is 10.3 Å². The van der Waals surface area contributed by atoms with Crippen molar-refractivity contribution in [3.8, 4) is 0 Å². The van der Waals surface area contributed by atoms with E-state index in [0.29, 0.717) is 23.6 Å². The van der Waals surface area contributed by atoms with Crippen LogP contribution in [0.1, 0.15) is 32.6 Å². The Morgan fingerprint density at radius 2 is 2.11 bits per heavy atom. The van der Waals surface area contributed by atoms with Crippen molar-refractivity contribution in [2.24, 2.45) is 16.8 Å². The summed E-state index contributed by atoms with van der Waals surface area (Å²) in [5.41, 5.74) is 0. The lowest BCUT2D eigenvalue weighted by Crippen LogP contribution is -2.44. The Balaban J connectivity index is 1.68. The predicted octanol–water partition coefficient (Wildman–Crippen LogP) is 2.72. The molecule has 19 heavy (non-hydrogen) atoms. The summed E-state index contributed by atoms with van der Waals surface area (Å²) >= 11 is 0.507. The summed E-state index contributed by atoms with van der Waals surface area (Å²) in [4.78, 5) is 15.1. The number of nitrogens with zero attached hydrogens (tertiary/aromatic N) is 1. The van der Waals surface area contributed by atoms with Crippen LogP contribution in [0.4, 0.5) is 13.2 Å². The standard InChI is InChI=1S/C12H15F3N2OS/c1-11(12(13,14)15)9(18)17-10(19-11)16-8-5-6-2-3-7(8)4-6/h6-8H,2-5H2,1H3,(H,16,17,18)/t6-,7?,8+,11+/m1/s1. The number of thioether (sulfide) groups is 1. The SMILES string of the molecule is C[C@]1(C(F)(F)F)SC(N[C@H]2C[C@@H]3CCC2C3)=NC1=O. The highest BCUT2D eigenvalue weighted by Gasteiger charge is 2.61. The van der Waals surface area contributed by atoms with Crippen LogP contribution in [0.2, 0.25) is 0 Å². The quantitative estimate of drug-likeness (QED) is 0.808. The first-order chi connectivity index (χ1) is 8.79. The number of hydrogen-bond donors (Lipinski definition) is 1. The number of alkyl halides is 3. The first kappa shape index (κ1) is 13.3. The van der Waals surface area contributed by atoms with Gasteiger partial charge in [-0.05, 0) is 38.0 Å². The Morgan fingerprint density at radius 1 is 1.37 bits per heavy atom. The molecule has 3 nitrogen and oxygen atoms in total. The fourth-order valence-corrected chi connectivity index (χ4v) is 4.25. The maximum absolute atomic E-state index is 12.9. The molecule has 1 amide bonds. The summed E-state index contributed by atoms with van der Waals surface area (Å²) in [7, 11) is 0. The van der Waals surface area contributed by atoms with Crippen LogP contribution in [0, 0.1) is 11.8 Å². The highest BCUT2D eigenvalue weighted by molar-refractivity contribution is 8.16. The summed E-state index contributed by atoms with van der Waals surface area (Å²) < 4.78 is 36.2. The van der Waals surface area contributed by atoms with E-state index in [1.54, 1.807) is 0 Å². The molecule has 1 aliphatic heterocycles. The normalized spacial score (nSPS) is 41.8. The van der Waals surface area contributed by atoms with Crippen LogP contribution in [-0.2, 0) is 4.79 Å². The van der Waals surface area contributed by atoms with E-state index in [0.717, 1.165) is 26.2 Å². The van der Waals surface area contributed by atoms with Crippen molar-refractivity contribution in [2.75, 3.05) is 0 Å². The van der Waals surface area contributed by atoms with E-state index in [-0.39, 0.29) is 11.2 Å². The number of halogens is 3. The van der Waals surface area contributed by atoms with Crippen LogP contribution in [0.5, 0.6) is 0 Å². The molecule has 2 fully saturated rings. The number of rotatable bonds is 1. The van der Waals surface area contributed by atoms with Crippen molar-refractivity contribution in [1.82, 2.24) is 5.32 Å². The topological polar surface area (TPSA) is 41.5 Å². The van der Waals surface area contributed by atoms with E-state index in [1.807, 2.05) is 0 Å². The van der Waals surface area contributed by atoms with Gasteiger partial charge in [0.1, 0.15) is 0 Å². The number of hydrogen-bond acceptors (Lipinski definition) is 3. The molecule has 106 valence electrons. The number of carbonyl (C=O) groups is 1. The predicted molar refractivity (Wildman–Crippen MR) is 66.9 cm³/mol. The van der Waals surface area contributed by atoms with Crippen molar-refractivity contribution in [2.45, 2.75) is 49.6 Å². The average molecular weight is 292 g/mol. The van der Waals surface area contributed by atoms with E-state index in [9.17, 15) is 18.0 Å². The first-order valence-corrected chi connectivity index (χ1v) is 7.26. The van der Waals surface area contributed by atoms with Crippen molar-refractivity contribution < 1.29 is 18.0 Å². The van der Waals surface area contributed by atoms with Crippen LogP contribution in [0.15, 0.2) is 4.99 Å². The van der Waals surface area contributed by atoms with Gasteiger partial charge in [-0.2, -0.15) is 18.2 Å². The summed E-state index contributed by atoms with van der Waals surface area (Å²) in [5.74, 6) is 0.121. The molecule has 3 rings (SSSR count). The van der Waals surface area contributed by atoms with Crippen LogP contribution >= 0.6 is 11.8 Å². The van der Waals surface area contributed by atoms with Crippen molar-refractivity contribution in [3.63, 3.8) is 0 Å². The molecule has 7 heteroatoms. The van der Waals surface area contributed by atoms with Gasteiger partial charge in [-0.3, -0.25) is 4.79 Å². The zero-order valence-electron chi connectivity index (χ0n) is 10.5. The molecule has 1 unspecified atom stereocenters. The van der Waals surface area contributed by atoms with Gasteiger partial charge in [0.25, 0.3) is 5.91 Å². The molecule has 2 bridgehead atoms. The van der Waals surface area contributed by atoms with Crippen LogP contribution in [0.3, 0.4) is 0 Å². The monoisotopic (exact) mass is 292 g/mol. The summed E-state index contributed by atoms with van der Waals surface area (Å²) in [5, 5.41) is 3.20. The van der Waals surface area contributed by atoms with Gasteiger partial charge < -0.3 is 5.32 Å². The van der Waals surface area contributed by atoms with Crippen LogP contribution in [-0.4, -0.2) is 28.0 Å². The Labute approximate surface area is 113 Å². The minimum absolute atomic E-state index is 0.141. The lowest BCUT2D eigenvalue weighted by molar-refractivity contribution is -0.165. The number of amidine groups is 1. The van der Waals surface area contributed by atoms with Gasteiger partial charge >= 0.3 is 6.18 Å². The highest BCUT2D eigenvalue weighted by Crippen LogP contribution is 2.48. The Morgan fingerprint density at radius 3 is 2.58 bits per heavy atom. The third kappa shape index (κ3) is 2.06. The number of fused-ring (bicyclic) bond motifs is 2. The maximum Gasteiger partial charge on any atom is 0.412 e.